The van der Waals surface area contributed by atoms with Crippen molar-refractivity contribution >= 4 is 17.7 Å². The third-order valence-electron chi connectivity index (χ3n) is 10.1. The summed E-state index contributed by atoms with van der Waals surface area (Å²) >= 11 is 0. The van der Waals surface area contributed by atoms with E-state index in [0.717, 1.165) is 33.5 Å². The fourth-order valence-corrected chi connectivity index (χ4v) is 7.38. The number of piperidine rings is 1. The van der Waals surface area contributed by atoms with Gasteiger partial charge in [-0.2, -0.15) is 0 Å². The van der Waals surface area contributed by atoms with Gasteiger partial charge in [-0.25, -0.2) is 0 Å². The van der Waals surface area contributed by atoms with Crippen molar-refractivity contribution in [3.05, 3.63) is 184 Å². The van der Waals surface area contributed by atoms with Gasteiger partial charge in [0.05, 0.1) is 18.2 Å². The molecule has 8 rings (SSSR count). The van der Waals surface area contributed by atoms with Gasteiger partial charge in [0.15, 0.2) is 0 Å². The Morgan fingerprint density at radius 1 is 0.694 bits per heavy atom. The summed E-state index contributed by atoms with van der Waals surface area (Å²) in [5.41, 5.74) is 8.06. The highest BCUT2D eigenvalue weighted by atomic mass is 16.8. The molecule has 0 aliphatic carbocycles. The summed E-state index contributed by atoms with van der Waals surface area (Å²) in [5.74, 6) is -1.39. The molecule has 0 radical (unpaired) electrons. The molecule has 3 heterocycles. The number of benzene rings is 5. The number of fused-ring (bicyclic) bond motifs is 1. The number of likely N-dealkylation sites (tertiary alicyclic amines) is 1. The molecule has 5 aromatic rings. The van der Waals surface area contributed by atoms with Gasteiger partial charge in [0.2, 0.25) is 5.60 Å². The van der Waals surface area contributed by atoms with Crippen molar-refractivity contribution < 1.29 is 14.4 Å². The molecule has 5 aromatic carbocycles. The molecule has 0 aromatic heterocycles. The largest absolute Gasteiger partial charge is 0.422 e. The molecule has 0 N–H and O–H groups in total. The number of rotatable bonds is 6. The van der Waals surface area contributed by atoms with E-state index in [1.165, 1.54) is 16.7 Å². The highest BCUT2D eigenvalue weighted by molar-refractivity contribution is 6.07. The number of hydrogen-bond donors (Lipinski definition) is 0. The van der Waals surface area contributed by atoms with Gasteiger partial charge in [0.25, 0.3) is 5.90 Å². The first-order valence-corrected chi connectivity index (χ1v) is 16.9. The zero-order valence-corrected chi connectivity index (χ0v) is 28.0. The molecule has 49 heavy (non-hydrogen) atoms. The van der Waals surface area contributed by atoms with Gasteiger partial charge < -0.3 is 14.4 Å². The van der Waals surface area contributed by atoms with E-state index in [2.05, 4.69) is 128 Å². The Labute approximate surface area is 287 Å². The molecule has 1 unspecified atom stereocenters. The second-order valence-corrected chi connectivity index (χ2v) is 13.3. The van der Waals surface area contributed by atoms with Gasteiger partial charge in [-0.05, 0) is 60.8 Å². The minimum absolute atomic E-state index is 0.0517. The molecule has 1 fully saturated rings. The van der Waals surface area contributed by atoms with Crippen LogP contribution in [0.3, 0.4) is 0 Å². The zero-order chi connectivity index (χ0) is 33.4. The lowest BCUT2D eigenvalue weighted by atomic mass is 9.68. The van der Waals surface area contributed by atoms with Gasteiger partial charge in [0, 0.05) is 29.3 Å². The maximum Gasteiger partial charge on any atom is 0.346 e. The smallest absolute Gasteiger partial charge is 0.346 e. The first-order valence-electron chi connectivity index (χ1n) is 16.9. The van der Waals surface area contributed by atoms with Crippen molar-refractivity contribution in [2.75, 3.05) is 13.1 Å². The third-order valence-corrected chi connectivity index (χ3v) is 10.1. The number of ether oxygens (including phenoxy) is 1. The van der Waals surface area contributed by atoms with Gasteiger partial charge in [-0.1, -0.05) is 144 Å². The van der Waals surface area contributed by atoms with Crippen LogP contribution < -0.4 is 0 Å². The fraction of sp³-hybridized carbons (Fsp3) is 0.209. The quantitative estimate of drug-likeness (QED) is 0.185. The van der Waals surface area contributed by atoms with E-state index in [1.54, 1.807) is 0 Å². The Kier molecular flexibility index (Phi) is 7.89. The van der Waals surface area contributed by atoms with Crippen LogP contribution in [0.4, 0.5) is 0 Å². The minimum atomic E-state index is -1.44. The van der Waals surface area contributed by atoms with Crippen molar-refractivity contribution in [3.8, 4) is 0 Å². The Morgan fingerprint density at radius 2 is 1.29 bits per heavy atom. The van der Waals surface area contributed by atoms with E-state index >= 15 is 0 Å². The lowest BCUT2D eigenvalue weighted by molar-refractivity contribution is -0.279. The van der Waals surface area contributed by atoms with Crippen LogP contribution in [0.2, 0.25) is 0 Å². The highest BCUT2D eigenvalue weighted by Crippen LogP contribution is 2.57. The minimum Gasteiger partial charge on any atom is -0.422 e. The fourth-order valence-electron chi connectivity index (χ4n) is 7.38. The van der Waals surface area contributed by atoms with Gasteiger partial charge >= 0.3 is 5.79 Å². The van der Waals surface area contributed by atoms with E-state index in [-0.39, 0.29) is 12.0 Å². The van der Waals surface area contributed by atoms with Gasteiger partial charge in [0.1, 0.15) is 0 Å². The SMILES string of the molecule is Cc1ccc(/C=C2/CN([C@H](C)c3ccccc3)CC3(ON=C(c4ccccc4)[C@H]3c3ccc(C)cc3)[C@@]23ON=C(c2ccccc2)O3)cc1. The van der Waals surface area contributed by atoms with Crippen molar-refractivity contribution in [2.24, 2.45) is 10.3 Å². The molecule has 2 spiro atoms. The molecular formula is C43H39N3O3. The lowest BCUT2D eigenvalue weighted by Crippen LogP contribution is -2.69. The molecule has 3 aliphatic rings. The summed E-state index contributed by atoms with van der Waals surface area (Å²) in [6.07, 6.45) is 2.19. The second-order valence-electron chi connectivity index (χ2n) is 13.3. The van der Waals surface area contributed by atoms with Crippen molar-refractivity contribution in [3.63, 3.8) is 0 Å². The van der Waals surface area contributed by atoms with E-state index < -0.39 is 11.4 Å². The summed E-state index contributed by atoms with van der Waals surface area (Å²) in [4.78, 5) is 16.2. The molecule has 4 atom stereocenters. The molecule has 0 saturated carbocycles. The second kappa shape index (κ2) is 12.5. The van der Waals surface area contributed by atoms with Crippen LogP contribution in [0, 0.1) is 13.8 Å². The van der Waals surface area contributed by atoms with Crippen LogP contribution >= 0.6 is 0 Å². The van der Waals surface area contributed by atoms with Crippen LogP contribution in [-0.4, -0.2) is 41.0 Å². The van der Waals surface area contributed by atoms with Crippen molar-refractivity contribution in [1.82, 2.24) is 4.90 Å². The van der Waals surface area contributed by atoms with Crippen LogP contribution in [0.1, 0.15) is 57.8 Å². The van der Waals surface area contributed by atoms with E-state index in [0.29, 0.717) is 19.0 Å². The average molecular weight is 646 g/mol. The molecule has 6 heteroatoms. The maximum absolute atomic E-state index is 7.15. The Bertz CT molecular complexity index is 2030. The molecule has 244 valence electrons. The van der Waals surface area contributed by atoms with Crippen molar-refractivity contribution in [2.45, 2.75) is 44.1 Å². The molecular weight excluding hydrogens is 606 g/mol. The van der Waals surface area contributed by atoms with Crippen LogP contribution in [0.25, 0.3) is 6.08 Å². The van der Waals surface area contributed by atoms with Crippen LogP contribution in [-0.2, 0) is 14.4 Å². The molecule has 6 nitrogen and oxygen atoms in total. The Hall–Kier alpha value is -5.46. The summed E-state index contributed by atoms with van der Waals surface area (Å²) in [5, 5.41) is 9.63. The summed E-state index contributed by atoms with van der Waals surface area (Å²) in [6, 6.07) is 48.0. The number of hydrogen-bond acceptors (Lipinski definition) is 6. The summed E-state index contributed by atoms with van der Waals surface area (Å²) in [7, 11) is 0. The Morgan fingerprint density at radius 3 is 1.94 bits per heavy atom. The highest BCUT2D eigenvalue weighted by Gasteiger charge is 2.74. The zero-order valence-electron chi connectivity index (χ0n) is 28.0. The number of oxime groups is 2. The van der Waals surface area contributed by atoms with Gasteiger partial charge in [-0.3, -0.25) is 4.90 Å². The molecule has 0 amide bonds. The normalized spacial score (nSPS) is 24.6. The number of aryl methyl sites for hydroxylation is 2. The molecule has 3 aliphatic heterocycles. The Balaban J connectivity index is 1.36. The van der Waals surface area contributed by atoms with Gasteiger partial charge in [-0.15, -0.1) is 0 Å². The maximum atomic E-state index is 7.15. The summed E-state index contributed by atoms with van der Waals surface area (Å²) < 4.78 is 7.15. The predicted octanol–water partition coefficient (Wildman–Crippen LogP) is 8.83. The predicted molar refractivity (Wildman–Crippen MR) is 194 cm³/mol. The lowest BCUT2D eigenvalue weighted by Gasteiger charge is -2.52. The standard InChI is InChI=1S/C43H39N3O3/c1-30-19-23-33(24-20-30)27-38-28-46(32(3)34-13-7-4-8-14-34)29-42(43(38)47-41(45-49-43)37-17-11-6-12-18-37)39(35-25-21-31(2)22-26-35)40(44-48-42)36-15-9-5-10-16-36/h4-27,32,39H,28-29H2,1-3H3/b38-27-/t32-,39-,42?,43+/m1/s1. The van der Waals surface area contributed by atoms with E-state index in [9.17, 15) is 0 Å². The monoisotopic (exact) mass is 645 g/mol. The van der Waals surface area contributed by atoms with Crippen LogP contribution in [0.5, 0.6) is 0 Å². The van der Waals surface area contributed by atoms with Crippen LogP contribution in [0.15, 0.2) is 155 Å². The third kappa shape index (κ3) is 5.42. The van der Waals surface area contributed by atoms with E-state index in [4.69, 9.17) is 19.6 Å². The van der Waals surface area contributed by atoms with Crippen molar-refractivity contribution in [1.29, 1.82) is 0 Å². The number of nitrogens with zero attached hydrogens (tertiary/aromatic N) is 3. The first-order chi connectivity index (χ1) is 24.0. The average Bonchev–Trinajstić information content (AvgIpc) is 3.77. The summed E-state index contributed by atoms with van der Waals surface area (Å²) in [6.45, 7) is 7.48. The molecule has 0 bridgehead atoms. The van der Waals surface area contributed by atoms with E-state index in [1.807, 2.05) is 48.5 Å². The first kappa shape index (κ1) is 30.8. The topological polar surface area (TPSA) is 55.7 Å². The molecule has 1 saturated heterocycles.